The summed E-state index contributed by atoms with van der Waals surface area (Å²) >= 11 is 1.48. The highest BCUT2D eigenvalue weighted by molar-refractivity contribution is 8.14. The van der Waals surface area contributed by atoms with E-state index < -0.39 is 97.4 Å². The Morgan fingerprint density at radius 3 is 2.14 bits per heavy atom. The third-order valence-electron chi connectivity index (χ3n) is 6.12. The molecule has 0 spiro atoms. The minimum Gasteiger partial charge on any atom is -0.395 e. The third-order valence-corrected chi connectivity index (χ3v) is 10.0. The summed E-state index contributed by atoms with van der Waals surface area (Å²) in [4.78, 5) is 52.8. The van der Waals surface area contributed by atoms with E-state index in [0.717, 1.165) is 35.8 Å². The van der Waals surface area contributed by atoms with Crippen molar-refractivity contribution in [3.63, 3.8) is 0 Å². The van der Waals surface area contributed by atoms with Gasteiger partial charge in [-0.2, -0.15) is 0 Å². The summed E-state index contributed by atoms with van der Waals surface area (Å²) in [5, 5.41) is 32.0. The number of H-pyrrole nitrogens is 1. The summed E-state index contributed by atoms with van der Waals surface area (Å²) < 4.78 is 51.4. The number of phosphoric ester groups is 1. The predicted octanol–water partition coefficient (Wildman–Crippen LogP) is 1.49. The first kappa shape index (κ1) is 38.1. The van der Waals surface area contributed by atoms with E-state index in [0.29, 0.717) is 4.57 Å². The lowest BCUT2D eigenvalue weighted by atomic mass is 9.97. The molecule has 44 heavy (non-hydrogen) atoms. The number of carbonyl (C=O) groups is 2. The molecule has 2 rings (SSSR count). The molecule has 0 saturated carbocycles. The molecule has 1 fully saturated rings. The highest BCUT2D eigenvalue weighted by Gasteiger charge is 2.60. The summed E-state index contributed by atoms with van der Waals surface area (Å²) in [6.07, 6.45) is -5.88. The van der Waals surface area contributed by atoms with Crippen LogP contribution in [-0.4, -0.2) is 97.6 Å². The number of azide groups is 1. The number of aliphatic hydroxyl groups excluding tert-OH is 3. The molecular weight excluding hydrogens is 652 g/mol. The molecule has 0 amide bonds. The van der Waals surface area contributed by atoms with Crippen LogP contribution in [0.25, 0.3) is 10.4 Å². The van der Waals surface area contributed by atoms with Gasteiger partial charge in [-0.25, -0.2) is 13.8 Å². The van der Waals surface area contributed by atoms with Gasteiger partial charge in [0.25, 0.3) is 5.56 Å². The number of phosphoric acid groups is 1. The number of halogens is 1. The van der Waals surface area contributed by atoms with E-state index in [4.69, 9.17) is 23.8 Å². The molecule has 0 unspecified atom stereocenters. The topological polar surface area (TPSA) is 252 Å². The molecule has 0 aliphatic carbocycles. The first-order chi connectivity index (χ1) is 20.5. The van der Waals surface area contributed by atoms with Crippen LogP contribution in [0, 0.1) is 10.8 Å². The molecular formula is C23H35FN5O12PS2. The van der Waals surface area contributed by atoms with Crippen LogP contribution in [0.4, 0.5) is 4.39 Å². The number of aromatic nitrogens is 2. The molecule has 1 saturated heterocycles. The molecule has 248 valence electrons. The number of thioether (sulfide) groups is 2. The molecule has 4 atom stereocenters. The third kappa shape index (κ3) is 9.70. The van der Waals surface area contributed by atoms with Gasteiger partial charge in [0.1, 0.15) is 6.10 Å². The van der Waals surface area contributed by atoms with Crippen LogP contribution in [0.3, 0.4) is 0 Å². The van der Waals surface area contributed by atoms with Crippen molar-refractivity contribution < 1.29 is 52.2 Å². The Balaban J connectivity index is 2.34. The van der Waals surface area contributed by atoms with Crippen molar-refractivity contribution in [1.82, 2.24) is 9.55 Å². The fourth-order valence-corrected chi connectivity index (χ4v) is 6.57. The number of ether oxygens (including phenoxy) is 1. The van der Waals surface area contributed by atoms with E-state index in [1.807, 2.05) is 4.98 Å². The van der Waals surface area contributed by atoms with Crippen LogP contribution < -0.4 is 11.2 Å². The number of aliphatic hydroxyl groups is 3. The normalized spacial score (nSPS) is 22.5. The maximum Gasteiger partial charge on any atom is 0.477 e. The number of alkyl halides is 1. The minimum absolute atomic E-state index is 0.120. The zero-order valence-corrected chi connectivity index (χ0v) is 26.8. The maximum absolute atomic E-state index is 15.4. The summed E-state index contributed by atoms with van der Waals surface area (Å²) in [5.74, 6) is -2.99. The van der Waals surface area contributed by atoms with Gasteiger partial charge in [-0.15, -0.1) is 0 Å². The van der Waals surface area contributed by atoms with Gasteiger partial charge in [0.05, 0.1) is 43.8 Å². The molecule has 21 heteroatoms. The van der Waals surface area contributed by atoms with Crippen molar-refractivity contribution in [3.8, 4) is 0 Å². The second-order valence-corrected chi connectivity index (χ2v) is 14.4. The maximum atomic E-state index is 15.4. The summed E-state index contributed by atoms with van der Waals surface area (Å²) in [7, 11) is -4.92. The smallest absolute Gasteiger partial charge is 0.395 e. The zero-order chi connectivity index (χ0) is 33.3. The molecule has 17 nitrogen and oxygen atoms in total. The molecule has 1 aromatic rings. The van der Waals surface area contributed by atoms with Crippen molar-refractivity contribution >= 4 is 41.6 Å². The molecule has 1 aromatic heterocycles. The van der Waals surface area contributed by atoms with E-state index in [-0.39, 0.29) is 11.5 Å². The highest BCUT2D eigenvalue weighted by Crippen LogP contribution is 2.56. The Kier molecular flexibility index (Phi) is 13.8. The lowest BCUT2D eigenvalue weighted by molar-refractivity contribution is -0.222. The van der Waals surface area contributed by atoms with Crippen LogP contribution in [0.15, 0.2) is 27.0 Å². The van der Waals surface area contributed by atoms with E-state index in [1.54, 1.807) is 0 Å². The van der Waals surface area contributed by atoms with Gasteiger partial charge in [-0.3, -0.25) is 37.5 Å². The van der Waals surface area contributed by atoms with E-state index in [2.05, 4.69) is 10.0 Å². The van der Waals surface area contributed by atoms with E-state index in [9.17, 15) is 39.1 Å². The monoisotopic (exact) mass is 687 g/mol. The Morgan fingerprint density at radius 2 is 1.68 bits per heavy atom. The van der Waals surface area contributed by atoms with Crippen molar-refractivity contribution in [3.05, 3.63) is 43.5 Å². The van der Waals surface area contributed by atoms with Gasteiger partial charge >= 0.3 is 13.5 Å². The second-order valence-electron chi connectivity index (χ2n) is 10.7. The van der Waals surface area contributed by atoms with E-state index in [1.165, 1.54) is 27.7 Å². The number of carbonyl (C=O) groups excluding carboxylic acids is 2. The second kappa shape index (κ2) is 16.0. The van der Waals surface area contributed by atoms with Crippen molar-refractivity contribution in [2.75, 3.05) is 44.5 Å². The number of hydrogen-bond acceptors (Lipinski definition) is 15. The number of rotatable bonds is 17. The molecule has 4 N–H and O–H groups in total. The first-order valence-corrected chi connectivity index (χ1v) is 16.4. The van der Waals surface area contributed by atoms with E-state index >= 15 is 4.39 Å². The minimum atomic E-state index is -4.92. The average Bonchev–Trinajstić information content (AvgIpc) is 3.21. The van der Waals surface area contributed by atoms with Crippen LogP contribution in [0.2, 0.25) is 0 Å². The van der Waals surface area contributed by atoms with Crippen LogP contribution >= 0.6 is 31.3 Å². The summed E-state index contributed by atoms with van der Waals surface area (Å²) in [5.41, 5.74) is 4.82. The van der Waals surface area contributed by atoms with Gasteiger partial charge in [-0.1, -0.05) is 28.6 Å². The Labute approximate surface area is 259 Å². The highest BCUT2D eigenvalue weighted by atomic mass is 32.2. The van der Waals surface area contributed by atoms with Gasteiger partial charge in [0.15, 0.2) is 22.6 Å². The lowest BCUT2D eigenvalue weighted by Gasteiger charge is -2.33. The van der Waals surface area contributed by atoms with Crippen LogP contribution in [0.1, 0.15) is 33.9 Å². The number of hydrogen-bond donors (Lipinski definition) is 4. The summed E-state index contributed by atoms with van der Waals surface area (Å²) in [6.45, 7) is 3.21. The largest absolute Gasteiger partial charge is 0.477 e. The fraction of sp³-hybridized carbons (Fsp3) is 0.739. The molecule has 2 heterocycles. The Bertz CT molecular complexity index is 1350. The quantitative estimate of drug-likeness (QED) is 0.0595. The predicted molar refractivity (Wildman–Crippen MR) is 156 cm³/mol. The van der Waals surface area contributed by atoms with Gasteiger partial charge in [0.2, 0.25) is 5.79 Å². The molecule has 1 aliphatic heterocycles. The molecule has 0 bridgehead atoms. The van der Waals surface area contributed by atoms with Crippen molar-refractivity contribution in [1.29, 1.82) is 0 Å². The fourth-order valence-electron chi connectivity index (χ4n) is 3.31. The zero-order valence-electron chi connectivity index (χ0n) is 24.3. The van der Waals surface area contributed by atoms with Crippen molar-refractivity contribution in [2.45, 2.75) is 52.0 Å². The molecule has 1 aliphatic rings. The summed E-state index contributed by atoms with van der Waals surface area (Å²) in [6, 6.07) is 0.878. The Hall–Kier alpha value is -2.09. The number of nitrogens with one attached hydrogen (secondary N) is 1. The van der Waals surface area contributed by atoms with Crippen LogP contribution in [-0.2, 0) is 32.5 Å². The van der Waals surface area contributed by atoms with Gasteiger partial charge in [0, 0.05) is 28.7 Å². The lowest BCUT2D eigenvalue weighted by Crippen LogP contribution is -2.47. The average molecular weight is 688 g/mol. The first-order valence-electron chi connectivity index (χ1n) is 13.0. The van der Waals surface area contributed by atoms with Gasteiger partial charge in [-0.05, 0) is 33.2 Å². The standard InChI is InChI=1S/C23H35FN5O12PS2/c1-21(2,12-30)18(34)43-9-7-38-42(37,39-8-10-44-19(35)22(3,4)13-31)41-23(11-26-28-25)16(33)15(24)17(40-23)29-6-5-14(32)27-20(29)36/h5-6,15-17,30-31,33H,7-13H2,1-4H3,(H,27,32,36)/t15-,16+,17-,23-/m1/s1. The van der Waals surface area contributed by atoms with Crippen molar-refractivity contribution in [2.24, 2.45) is 15.9 Å². The molecule has 0 radical (unpaired) electrons. The Morgan fingerprint density at radius 1 is 1.16 bits per heavy atom. The number of aromatic amines is 1. The van der Waals surface area contributed by atoms with Crippen LogP contribution in [0.5, 0.6) is 0 Å². The SMILES string of the molecule is CC(C)(CO)C(=O)SCCOP(=O)(OCCSC(=O)C(C)(C)CO)O[C@@]1(CN=[N+]=[N-])O[C@@H](n2ccc(=O)[nH]c2=O)[C@H](F)[C@@H]1O. The number of nitrogens with zero attached hydrogens (tertiary/aromatic N) is 4. The van der Waals surface area contributed by atoms with Gasteiger partial charge < -0.3 is 20.1 Å². The molecule has 0 aromatic carbocycles.